The average Bonchev–Trinajstić information content (AvgIpc) is 3.45. The van der Waals surface area contributed by atoms with E-state index in [4.69, 9.17) is 10.7 Å². The number of alkyl halides is 3. The Kier molecular flexibility index (Phi) is 8.47. The van der Waals surface area contributed by atoms with Crippen LogP contribution in [0, 0.1) is 16.7 Å². The third kappa shape index (κ3) is 7.15. The van der Waals surface area contributed by atoms with E-state index in [0.29, 0.717) is 23.4 Å². The normalized spacial score (nSPS) is 16.2. The van der Waals surface area contributed by atoms with Crippen molar-refractivity contribution >= 4 is 23.4 Å². The van der Waals surface area contributed by atoms with E-state index in [1.165, 1.54) is 6.08 Å². The lowest BCUT2D eigenvalue weighted by molar-refractivity contribution is -0.0894. The number of benzene rings is 1. The Morgan fingerprint density at radius 2 is 2.00 bits per heavy atom. The van der Waals surface area contributed by atoms with Crippen LogP contribution in [-0.2, 0) is 0 Å². The van der Waals surface area contributed by atoms with Gasteiger partial charge in [-0.3, -0.25) is 0 Å². The van der Waals surface area contributed by atoms with Gasteiger partial charge in [-0.2, -0.15) is 18.4 Å². The molecule has 0 radical (unpaired) electrons. The highest BCUT2D eigenvalue weighted by Crippen LogP contribution is 2.38. The van der Waals surface area contributed by atoms with Crippen molar-refractivity contribution in [2.45, 2.75) is 58.2 Å². The van der Waals surface area contributed by atoms with Crippen LogP contribution >= 0.6 is 0 Å². The summed E-state index contributed by atoms with van der Waals surface area (Å²) < 4.78 is 41.6. The lowest BCUT2D eigenvalue weighted by Gasteiger charge is -2.20. The van der Waals surface area contributed by atoms with Gasteiger partial charge in [0.15, 0.2) is 0 Å². The van der Waals surface area contributed by atoms with Gasteiger partial charge in [-0.15, -0.1) is 0 Å². The second kappa shape index (κ2) is 10.8. The molecule has 1 aliphatic carbocycles. The maximum absolute atomic E-state index is 13.9. The quantitative estimate of drug-likeness (QED) is 0.160. The zero-order valence-corrected chi connectivity index (χ0v) is 18.5. The second-order valence-electron chi connectivity index (χ2n) is 7.88. The van der Waals surface area contributed by atoms with Crippen molar-refractivity contribution in [2.24, 2.45) is 4.99 Å². The first kappa shape index (κ1) is 25.0. The number of unbranched alkanes of at least 4 members (excludes halogenated alkanes) is 1. The van der Waals surface area contributed by atoms with Crippen molar-refractivity contribution in [3.8, 4) is 6.07 Å². The van der Waals surface area contributed by atoms with Gasteiger partial charge in [-0.25, -0.2) is 4.99 Å². The molecule has 0 bridgehead atoms. The topological polar surface area (TPSA) is 96.1 Å². The first-order valence-corrected chi connectivity index (χ1v) is 10.5. The van der Waals surface area contributed by atoms with E-state index >= 15 is 0 Å². The molecule has 1 aliphatic rings. The molecule has 1 saturated carbocycles. The standard InChI is InChI=1S/C23H29F3N6/c1-4-5-6-8-18(23(24,25)26)21(32-22(3)11-12-22)31-16(2)30-20-10-7-9-19(17(20)15-28)29-14-13-27/h6-10,15,28-29,32H,4-5,11-12,14H2,1-3H3,(H,30,31)/b8-6+,21-18-,28-15?. The van der Waals surface area contributed by atoms with Gasteiger partial charge < -0.3 is 21.4 Å². The molecule has 9 heteroatoms. The lowest BCUT2D eigenvalue weighted by atomic mass is 10.1. The number of anilines is 2. The van der Waals surface area contributed by atoms with Crippen LogP contribution in [0.2, 0.25) is 0 Å². The number of nitrogens with zero attached hydrogens (tertiary/aromatic N) is 2. The van der Waals surface area contributed by atoms with Crippen LogP contribution in [0.15, 0.2) is 46.7 Å². The smallest absolute Gasteiger partial charge is 0.372 e. The van der Waals surface area contributed by atoms with E-state index in [-0.39, 0.29) is 18.2 Å². The first-order chi connectivity index (χ1) is 15.1. The summed E-state index contributed by atoms with van der Waals surface area (Å²) in [6.45, 7) is 5.40. The first-order valence-electron chi connectivity index (χ1n) is 10.5. The van der Waals surface area contributed by atoms with E-state index in [1.54, 1.807) is 25.1 Å². The van der Waals surface area contributed by atoms with Crippen LogP contribution in [-0.4, -0.2) is 30.3 Å². The number of allylic oxidation sites excluding steroid dienone is 3. The largest absolute Gasteiger partial charge is 0.419 e. The van der Waals surface area contributed by atoms with Gasteiger partial charge in [-0.1, -0.05) is 31.6 Å². The summed E-state index contributed by atoms with van der Waals surface area (Å²) in [4.78, 5) is 4.26. The van der Waals surface area contributed by atoms with Gasteiger partial charge in [0.05, 0.1) is 17.3 Å². The number of hydrogen-bond acceptors (Lipinski definition) is 5. The minimum atomic E-state index is -4.57. The molecule has 0 amide bonds. The van der Waals surface area contributed by atoms with Crippen molar-refractivity contribution in [3.63, 3.8) is 0 Å². The maximum Gasteiger partial charge on any atom is 0.419 e. The summed E-state index contributed by atoms with van der Waals surface area (Å²) in [5, 5.41) is 25.4. The summed E-state index contributed by atoms with van der Waals surface area (Å²) >= 11 is 0. The van der Waals surface area contributed by atoms with E-state index in [0.717, 1.165) is 31.6 Å². The van der Waals surface area contributed by atoms with Gasteiger partial charge in [0, 0.05) is 23.0 Å². The van der Waals surface area contributed by atoms with Crippen LogP contribution in [0.25, 0.3) is 0 Å². The van der Waals surface area contributed by atoms with Crippen molar-refractivity contribution in [2.75, 3.05) is 17.2 Å². The molecule has 1 aromatic carbocycles. The van der Waals surface area contributed by atoms with Crippen molar-refractivity contribution < 1.29 is 13.2 Å². The molecule has 32 heavy (non-hydrogen) atoms. The molecule has 1 fully saturated rings. The summed E-state index contributed by atoms with van der Waals surface area (Å²) in [7, 11) is 0. The fourth-order valence-corrected chi connectivity index (χ4v) is 2.94. The van der Waals surface area contributed by atoms with Crippen LogP contribution < -0.4 is 16.0 Å². The minimum Gasteiger partial charge on any atom is -0.372 e. The molecular formula is C23H29F3N6. The van der Waals surface area contributed by atoms with Crippen LogP contribution in [0.5, 0.6) is 0 Å². The molecular weight excluding hydrogens is 417 g/mol. The van der Waals surface area contributed by atoms with Gasteiger partial charge in [-0.05, 0) is 45.2 Å². The Hall–Kier alpha value is -3.28. The molecule has 0 heterocycles. The molecule has 4 N–H and O–H groups in total. The number of hydrogen-bond donors (Lipinski definition) is 4. The molecule has 2 rings (SSSR count). The summed E-state index contributed by atoms with van der Waals surface area (Å²) in [6.07, 6.45) is 1.97. The van der Waals surface area contributed by atoms with Gasteiger partial charge in [0.2, 0.25) is 0 Å². The highest BCUT2D eigenvalue weighted by Gasteiger charge is 2.41. The van der Waals surface area contributed by atoms with E-state index in [9.17, 15) is 13.2 Å². The van der Waals surface area contributed by atoms with Crippen molar-refractivity contribution in [1.29, 1.82) is 10.7 Å². The SMILES string of the molecule is CCC/C=C/C(=C(\N=C(/C)Nc1cccc(NCC#N)c1C=N)NC1(C)CC1)C(F)(F)F. The van der Waals surface area contributed by atoms with Gasteiger partial charge in [0.1, 0.15) is 18.2 Å². The molecule has 0 aromatic heterocycles. The zero-order chi connectivity index (χ0) is 23.8. The molecule has 0 saturated heterocycles. The number of nitriles is 1. The fraction of sp³-hybridized carbons (Fsp3) is 0.435. The number of rotatable bonds is 10. The van der Waals surface area contributed by atoms with Gasteiger partial charge >= 0.3 is 6.18 Å². The molecule has 0 unspecified atom stereocenters. The Bertz CT molecular complexity index is 949. The third-order valence-corrected chi connectivity index (χ3v) is 4.92. The minimum absolute atomic E-state index is 0.0613. The number of nitrogens with one attached hydrogen (secondary N) is 4. The Morgan fingerprint density at radius 3 is 2.56 bits per heavy atom. The van der Waals surface area contributed by atoms with Crippen molar-refractivity contribution in [3.05, 3.63) is 47.3 Å². The predicted octanol–water partition coefficient (Wildman–Crippen LogP) is 5.72. The molecule has 0 aliphatic heterocycles. The second-order valence-corrected chi connectivity index (χ2v) is 7.88. The van der Waals surface area contributed by atoms with E-state index in [1.807, 2.05) is 19.9 Å². The molecule has 1 aromatic rings. The van der Waals surface area contributed by atoms with Crippen molar-refractivity contribution in [1.82, 2.24) is 5.32 Å². The van der Waals surface area contributed by atoms with Crippen LogP contribution in [0.3, 0.4) is 0 Å². The van der Waals surface area contributed by atoms with Gasteiger partial charge in [0.25, 0.3) is 0 Å². The average molecular weight is 447 g/mol. The van der Waals surface area contributed by atoms with E-state index in [2.05, 4.69) is 20.9 Å². The maximum atomic E-state index is 13.9. The molecule has 0 spiro atoms. The highest BCUT2D eigenvalue weighted by molar-refractivity contribution is 6.02. The number of aliphatic imine (C=N–C) groups is 1. The third-order valence-electron chi connectivity index (χ3n) is 4.92. The summed E-state index contributed by atoms with van der Waals surface area (Å²) in [5.74, 6) is 0.00735. The van der Waals surface area contributed by atoms with Crippen LogP contribution in [0.1, 0.15) is 52.0 Å². The Balaban J connectivity index is 2.45. The lowest BCUT2D eigenvalue weighted by Crippen LogP contribution is -2.30. The highest BCUT2D eigenvalue weighted by atomic mass is 19.4. The zero-order valence-electron chi connectivity index (χ0n) is 18.5. The summed E-state index contributed by atoms with van der Waals surface area (Å²) in [6, 6.07) is 7.11. The Labute approximate surface area is 186 Å². The van der Waals surface area contributed by atoms with E-state index < -0.39 is 17.3 Å². The number of halogens is 3. The molecule has 0 atom stereocenters. The molecule has 172 valence electrons. The Morgan fingerprint density at radius 1 is 1.31 bits per heavy atom. The van der Waals surface area contributed by atoms with Crippen LogP contribution in [0.4, 0.5) is 24.5 Å². The monoisotopic (exact) mass is 446 g/mol. The number of amidine groups is 1. The molecule has 6 nitrogen and oxygen atoms in total. The predicted molar refractivity (Wildman–Crippen MR) is 123 cm³/mol. The fourth-order valence-electron chi connectivity index (χ4n) is 2.94. The summed E-state index contributed by atoms with van der Waals surface area (Å²) in [5.41, 5.74) is 0.310.